The first-order valence-corrected chi connectivity index (χ1v) is 7.92. The maximum Gasteiger partial charge on any atom is 0.0951 e. The van der Waals surface area contributed by atoms with E-state index in [2.05, 4.69) is 39.3 Å². The van der Waals surface area contributed by atoms with Crippen LogP contribution in [-0.2, 0) is 6.42 Å². The summed E-state index contributed by atoms with van der Waals surface area (Å²) in [6.07, 6.45) is 0.800. The van der Waals surface area contributed by atoms with Gasteiger partial charge in [0.1, 0.15) is 0 Å². The Kier molecular flexibility index (Phi) is 3.73. The van der Waals surface area contributed by atoms with Crippen LogP contribution < -0.4 is 5.73 Å². The van der Waals surface area contributed by atoms with E-state index in [1.54, 1.807) is 22.7 Å². The van der Waals surface area contributed by atoms with Crippen LogP contribution in [0.1, 0.15) is 16.6 Å². The number of hydrogen-bond donors (Lipinski definition) is 1. The summed E-state index contributed by atoms with van der Waals surface area (Å²) < 4.78 is 0. The summed E-state index contributed by atoms with van der Waals surface area (Å²) in [5.41, 5.74) is 9.59. The standard InChI is InChI=1S/C15H14N2S2/c16-13(12-6-7-18-9-12)8-15-17-14(10-19-15)11-4-2-1-3-5-11/h1-7,9-10,13H,8,16H2. The van der Waals surface area contributed by atoms with E-state index in [0.29, 0.717) is 0 Å². The van der Waals surface area contributed by atoms with Gasteiger partial charge in [-0.05, 0) is 22.4 Å². The fraction of sp³-hybridized carbons (Fsp3) is 0.133. The molecule has 0 aliphatic carbocycles. The summed E-state index contributed by atoms with van der Waals surface area (Å²) in [6.45, 7) is 0. The number of nitrogens with zero attached hydrogens (tertiary/aromatic N) is 1. The van der Waals surface area contributed by atoms with E-state index in [0.717, 1.165) is 22.7 Å². The first kappa shape index (κ1) is 12.5. The summed E-state index contributed by atoms with van der Waals surface area (Å²) >= 11 is 3.37. The summed E-state index contributed by atoms with van der Waals surface area (Å²) in [7, 11) is 0. The summed E-state index contributed by atoms with van der Waals surface area (Å²) in [5.74, 6) is 0. The number of thiophene rings is 1. The van der Waals surface area contributed by atoms with Crippen LogP contribution in [0.2, 0.25) is 0 Å². The molecule has 2 N–H and O–H groups in total. The van der Waals surface area contributed by atoms with Crippen molar-refractivity contribution in [3.05, 3.63) is 63.1 Å². The number of benzene rings is 1. The highest BCUT2D eigenvalue weighted by atomic mass is 32.1. The van der Waals surface area contributed by atoms with Crippen molar-refractivity contribution in [2.24, 2.45) is 5.73 Å². The normalized spacial score (nSPS) is 12.5. The van der Waals surface area contributed by atoms with Crippen molar-refractivity contribution in [1.29, 1.82) is 0 Å². The smallest absolute Gasteiger partial charge is 0.0951 e. The largest absolute Gasteiger partial charge is 0.324 e. The van der Waals surface area contributed by atoms with E-state index < -0.39 is 0 Å². The number of nitrogens with two attached hydrogens (primary N) is 1. The van der Waals surface area contributed by atoms with Crippen molar-refractivity contribution in [2.45, 2.75) is 12.5 Å². The highest BCUT2D eigenvalue weighted by molar-refractivity contribution is 7.10. The SMILES string of the molecule is NC(Cc1nc(-c2ccccc2)cs1)c1ccsc1. The van der Waals surface area contributed by atoms with Gasteiger partial charge in [0.25, 0.3) is 0 Å². The third kappa shape index (κ3) is 2.92. The highest BCUT2D eigenvalue weighted by Crippen LogP contribution is 2.25. The van der Waals surface area contributed by atoms with Crippen LogP contribution in [0.3, 0.4) is 0 Å². The molecule has 4 heteroatoms. The first-order valence-electron chi connectivity index (χ1n) is 6.10. The van der Waals surface area contributed by atoms with E-state index in [-0.39, 0.29) is 6.04 Å². The average Bonchev–Trinajstić information content (AvgIpc) is 3.11. The van der Waals surface area contributed by atoms with Gasteiger partial charge in [-0.1, -0.05) is 30.3 Å². The molecule has 1 unspecified atom stereocenters. The Balaban J connectivity index is 1.75. The van der Waals surface area contributed by atoms with Crippen LogP contribution >= 0.6 is 22.7 Å². The van der Waals surface area contributed by atoms with Crippen LogP contribution in [0.4, 0.5) is 0 Å². The zero-order chi connectivity index (χ0) is 13.1. The molecule has 3 aromatic rings. The lowest BCUT2D eigenvalue weighted by Crippen LogP contribution is -2.12. The van der Waals surface area contributed by atoms with Gasteiger partial charge in [-0.2, -0.15) is 11.3 Å². The molecule has 0 saturated heterocycles. The average molecular weight is 286 g/mol. The Hall–Kier alpha value is -1.49. The molecule has 0 bridgehead atoms. The molecule has 1 atom stereocenters. The molecular weight excluding hydrogens is 272 g/mol. The predicted molar refractivity (Wildman–Crippen MR) is 82.5 cm³/mol. The molecule has 19 heavy (non-hydrogen) atoms. The summed E-state index contributed by atoms with van der Waals surface area (Å²) in [4.78, 5) is 4.67. The maximum absolute atomic E-state index is 6.19. The fourth-order valence-corrected chi connectivity index (χ4v) is 3.53. The van der Waals surface area contributed by atoms with Gasteiger partial charge in [0, 0.05) is 23.4 Å². The zero-order valence-electron chi connectivity index (χ0n) is 10.3. The molecule has 3 rings (SSSR count). The maximum atomic E-state index is 6.19. The molecule has 0 aliphatic heterocycles. The lowest BCUT2D eigenvalue weighted by Gasteiger charge is -2.06. The Morgan fingerprint density at radius 3 is 2.68 bits per heavy atom. The first-order chi connectivity index (χ1) is 9.33. The Morgan fingerprint density at radius 2 is 1.95 bits per heavy atom. The molecule has 96 valence electrons. The second-order valence-corrected chi connectivity index (χ2v) is 6.08. The van der Waals surface area contributed by atoms with Crippen molar-refractivity contribution in [3.8, 4) is 11.3 Å². The zero-order valence-corrected chi connectivity index (χ0v) is 12.0. The third-order valence-electron chi connectivity index (χ3n) is 2.99. The number of aromatic nitrogens is 1. The van der Waals surface area contributed by atoms with Gasteiger partial charge in [0.15, 0.2) is 0 Å². The topological polar surface area (TPSA) is 38.9 Å². The Labute approximate surface area is 120 Å². The molecular formula is C15H14N2S2. The van der Waals surface area contributed by atoms with Crippen molar-refractivity contribution in [2.75, 3.05) is 0 Å². The lowest BCUT2D eigenvalue weighted by molar-refractivity contribution is 0.721. The van der Waals surface area contributed by atoms with E-state index >= 15 is 0 Å². The van der Waals surface area contributed by atoms with Gasteiger partial charge >= 0.3 is 0 Å². The minimum absolute atomic E-state index is 0.0426. The van der Waals surface area contributed by atoms with E-state index in [4.69, 9.17) is 5.73 Å². The van der Waals surface area contributed by atoms with Gasteiger partial charge in [0.2, 0.25) is 0 Å². The van der Waals surface area contributed by atoms with Crippen molar-refractivity contribution < 1.29 is 0 Å². The summed E-state index contributed by atoms with van der Waals surface area (Å²) in [6, 6.07) is 12.4. The van der Waals surface area contributed by atoms with E-state index in [9.17, 15) is 0 Å². The molecule has 2 nitrogen and oxygen atoms in total. The second-order valence-electron chi connectivity index (χ2n) is 4.36. The van der Waals surface area contributed by atoms with Crippen LogP contribution in [-0.4, -0.2) is 4.98 Å². The van der Waals surface area contributed by atoms with Gasteiger partial charge in [-0.3, -0.25) is 0 Å². The molecule has 0 radical (unpaired) electrons. The number of rotatable bonds is 4. The predicted octanol–water partition coefficient (Wildman–Crippen LogP) is 4.11. The number of hydrogen-bond acceptors (Lipinski definition) is 4. The van der Waals surface area contributed by atoms with Gasteiger partial charge in [-0.15, -0.1) is 11.3 Å². The minimum atomic E-state index is 0.0426. The van der Waals surface area contributed by atoms with Crippen LogP contribution in [0, 0.1) is 0 Å². The molecule has 0 fully saturated rings. The fourth-order valence-electron chi connectivity index (χ4n) is 1.94. The minimum Gasteiger partial charge on any atom is -0.324 e. The molecule has 2 aromatic heterocycles. The molecule has 0 amide bonds. The monoisotopic (exact) mass is 286 g/mol. The molecule has 0 aliphatic rings. The second kappa shape index (κ2) is 5.65. The van der Waals surface area contributed by atoms with Gasteiger partial charge < -0.3 is 5.73 Å². The van der Waals surface area contributed by atoms with Crippen LogP contribution in [0.5, 0.6) is 0 Å². The van der Waals surface area contributed by atoms with Gasteiger partial charge in [-0.25, -0.2) is 4.98 Å². The van der Waals surface area contributed by atoms with Crippen molar-refractivity contribution >= 4 is 22.7 Å². The van der Waals surface area contributed by atoms with Gasteiger partial charge in [0.05, 0.1) is 10.7 Å². The number of thiazole rings is 1. The van der Waals surface area contributed by atoms with Crippen LogP contribution in [0.15, 0.2) is 52.5 Å². The van der Waals surface area contributed by atoms with E-state index in [1.807, 2.05) is 18.2 Å². The quantitative estimate of drug-likeness (QED) is 0.783. The van der Waals surface area contributed by atoms with Crippen LogP contribution in [0.25, 0.3) is 11.3 Å². The Morgan fingerprint density at radius 1 is 1.11 bits per heavy atom. The van der Waals surface area contributed by atoms with E-state index in [1.165, 1.54) is 5.56 Å². The molecule has 2 heterocycles. The highest BCUT2D eigenvalue weighted by Gasteiger charge is 2.11. The van der Waals surface area contributed by atoms with Crippen molar-refractivity contribution in [3.63, 3.8) is 0 Å². The molecule has 0 saturated carbocycles. The third-order valence-corrected chi connectivity index (χ3v) is 4.56. The molecule has 1 aromatic carbocycles. The van der Waals surface area contributed by atoms with Crippen molar-refractivity contribution in [1.82, 2.24) is 4.98 Å². The Bertz CT molecular complexity index is 629. The molecule has 0 spiro atoms. The summed E-state index contributed by atoms with van der Waals surface area (Å²) in [5, 5.41) is 7.37. The lowest BCUT2D eigenvalue weighted by atomic mass is 10.1.